The number of aryl methyl sites for hydroxylation is 1. The first-order valence-corrected chi connectivity index (χ1v) is 4.84. The summed E-state index contributed by atoms with van der Waals surface area (Å²) >= 11 is 0. The Morgan fingerprint density at radius 1 is 0.889 bits per heavy atom. The summed E-state index contributed by atoms with van der Waals surface area (Å²) < 4.78 is 75.1. The molecule has 0 aliphatic heterocycles. The lowest BCUT2D eigenvalue weighted by atomic mass is 9.92. The molecule has 0 radical (unpaired) electrons. The van der Waals surface area contributed by atoms with Crippen LogP contribution in [-0.2, 0) is 11.8 Å². The molecular weight excluding hydrogens is 262 g/mol. The second-order valence-corrected chi connectivity index (χ2v) is 4.16. The Morgan fingerprint density at radius 3 is 1.72 bits per heavy atom. The number of rotatable bonds is 1. The minimum Gasteiger partial charge on any atom is -0.376 e. The molecule has 1 aromatic rings. The second kappa shape index (κ2) is 4.15. The van der Waals surface area contributed by atoms with Gasteiger partial charge in [-0.05, 0) is 31.5 Å². The average Bonchev–Trinajstić information content (AvgIpc) is 2.13. The van der Waals surface area contributed by atoms with Crippen molar-refractivity contribution in [3.8, 4) is 0 Å². The van der Waals surface area contributed by atoms with Gasteiger partial charge in [0.25, 0.3) is 0 Å². The van der Waals surface area contributed by atoms with Gasteiger partial charge in [-0.2, -0.15) is 26.3 Å². The highest BCUT2D eigenvalue weighted by Gasteiger charge is 2.51. The number of benzene rings is 1. The van der Waals surface area contributed by atoms with Gasteiger partial charge in [0.2, 0.25) is 0 Å². The van der Waals surface area contributed by atoms with Crippen LogP contribution in [0.25, 0.3) is 0 Å². The minimum atomic E-state index is -5.05. The highest BCUT2D eigenvalue weighted by Crippen LogP contribution is 2.40. The van der Waals surface area contributed by atoms with Crippen LogP contribution in [0.15, 0.2) is 18.2 Å². The summed E-state index contributed by atoms with van der Waals surface area (Å²) in [6.45, 7) is 1.65. The Kier molecular flexibility index (Phi) is 3.42. The first-order chi connectivity index (χ1) is 7.85. The molecule has 0 saturated carbocycles. The van der Waals surface area contributed by atoms with E-state index in [9.17, 15) is 31.4 Å². The maximum Gasteiger partial charge on any atom is 0.421 e. The Balaban J connectivity index is 3.40. The van der Waals surface area contributed by atoms with E-state index in [-0.39, 0.29) is 5.56 Å². The highest BCUT2D eigenvalue weighted by atomic mass is 19.4. The molecule has 0 spiro atoms. The van der Waals surface area contributed by atoms with E-state index < -0.39 is 29.1 Å². The summed E-state index contributed by atoms with van der Waals surface area (Å²) in [6.07, 6.45) is -9.81. The van der Waals surface area contributed by atoms with Crippen molar-refractivity contribution >= 4 is 0 Å². The minimum absolute atomic E-state index is 0.00986. The Hall–Kier alpha value is -1.24. The number of aliphatic hydroxyl groups is 1. The molecule has 18 heavy (non-hydrogen) atoms. The maximum atomic E-state index is 12.5. The van der Waals surface area contributed by atoms with Crippen LogP contribution in [0.2, 0.25) is 0 Å². The fraction of sp³-hybridized carbons (Fsp3) is 0.455. The van der Waals surface area contributed by atoms with E-state index in [1.54, 1.807) is 0 Å². The quantitative estimate of drug-likeness (QED) is 0.771. The molecule has 102 valence electrons. The topological polar surface area (TPSA) is 20.2 Å². The third-order valence-corrected chi connectivity index (χ3v) is 2.52. The number of hydrogen-bond donors (Lipinski definition) is 1. The van der Waals surface area contributed by atoms with Crippen molar-refractivity contribution in [1.82, 2.24) is 0 Å². The molecule has 1 unspecified atom stereocenters. The largest absolute Gasteiger partial charge is 0.421 e. The summed E-state index contributed by atoms with van der Waals surface area (Å²) in [5.41, 5.74) is -5.38. The highest BCUT2D eigenvalue weighted by molar-refractivity contribution is 5.35. The summed E-state index contributed by atoms with van der Waals surface area (Å²) in [5, 5.41) is 9.34. The predicted octanol–water partition coefficient (Wildman–Crippen LogP) is 3.78. The van der Waals surface area contributed by atoms with Gasteiger partial charge in [-0.15, -0.1) is 0 Å². The standard InChI is InChI=1S/C11H10F6O/c1-6-3-7(9(2,18)11(15,16)17)5-8(4-6)10(12,13)14/h3-5,18H,1-2H3. The van der Waals surface area contributed by atoms with E-state index in [0.29, 0.717) is 13.0 Å². The molecule has 7 heteroatoms. The lowest BCUT2D eigenvalue weighted by Crippen LogP contribution is -2.39. The van der Waals surface area contributed by atoms with Crippen molar-refractivity contribution in [3.05, 3.63) is 34.9 Å². The molecule has 1 atom stereocenters. The molecule has 1 N–H and O–H groups in total. The molecule has 0 amide bonds. The van der Waals surface area contributed by atoms with Crippen LogP contribution < -0.4 is 0 Å². The molecule has 0 bridgehead atoms. The van der Waals surface area contributed by atoms with Crippen LogP contribution in [0.4, 0.5) is 26.3 Å². The van der Waals surface area contributed by atoms with Crippen LogP contribution in [-0.4, -0.2) is 11.3 Å². The normalized spacial score (nSPS) is 16.5. The Morgan fingerprint density at radius 2 is 1.33 bits per heavy atom. The van der Waals surface area contributed by atoms with Gasteiger partial charge in [-0.1, -0.05) is 11.6 Å². The molecule has 0 heterocycles. The lowest BCUT2D eigenvalue weighted by Gasteiger charge is -2.27. The molecular formula is C11H10F6O. The van der Waals surface area contributed by atoms with Crippen LogP contribution >= 0.6 is 0 Å². The third kappa shape index (κ3) is 2.77. The number of alkyl halides is 6. The first-order valence-electron chi connectivity index (χ1n) is 4.84. The average molecular weight is 272 g/mol. The summed E-state index contributed by atoms with van der Waals surface area (Å²) in [7, 11) is 0. The van der Waals surface area contributed by atoms with Crippen molar-refractivity contribution in [2.24, 2.45) is 0 Å². The van der Waals surface area contributed by atoms with Crippen molar-refractivity contribution in [2.45, 2.75) is 31.8 Å². The van der Waals surface area contributed by atoms with Crippen molar-refractivity contribution < 1.29 is 31.4 Å². The fourth-order valence-corrected chi connectivity index (χ4v) is 1.39. The van der Waals surface area contributed by atoms with Crippen molar-refractivity contribution in [3.63, 3.8) is 0 Å². The van der Waals surface area contributed by atoms with E-state index >= 15 is 0 Å². The molecule has 1 aromatic carbocycles. The number of halogens is 6. The van der Waals surface area contributed by atoms with E-state index in [0.717, 1.165) is 12.1 Å². The van der Waals surface area contributed by atoms with Crippen LogP contribution in [0, 0.1) is 6.92 Å². The molecule has 0 aliphatic carbocycles. The molecule has 1 rings (SSSR count). The predicted molar refractivity (Wildman–Crippen MR) is 51.8 cm³/mol. The van der Waals surface area contributed by atoms with E-state index in [1.807, 2.05) is 0 Å². The Bertz CT molecular complexity index is 444. The molecule has 0 fully saturated rings. The van der Waals surface area contributed by atoms with Gasteiger partial charge in [0, 0.05) is 0 Å². The number of hydrogen-bond acceptors (Lipinski definition) is 1. The summed E-state index contributed by atoms with van der Waals surface area (Å²) in [4.78, 5) is 0. The van der Waals surface area contributed by atoms with Crippen LogP contribution in [0.5, 0.6) is 0 Å². The second-order valence-electron chi connectivity index (χ2n) is 4.16. The fourth-order valence-electron chi connectivity index (χ4n) is 1.39. The van der Waals surface area contributed by atoms with Crippen molar-refractivity contribution in [1.29, 1.82) is 0 Å². The Labute approximate surface area is 99.0 Å². The maximum absolute atomic E-state index is 12.5. The van der Waals surface area contributed by atoms with Gasteiger partial charge in [-0.25, -0.2) is 0 Å². The van der Waals surface area contributed by atoms with Crippen LogP contribution in [0.1, 0.15) is 23.6 Å². The first kappa shape index (κ1) is 14.8. The van der Waals surface area contributed by atoms with E-state index in [2.05, 4.69) is 0 Å². The van der Waals surface area contributed by atoms with Gasteiger partial charge in [0.15, 0.2) is 5.60 Å². The zero-order chi connectivity index (χ0) is 14.4. The molecule has 0 aromatic heterocycles. The molecule has 1 nitrogen and oxygen atoms in total. The van der Waals surface area contributed by atoms with Gasteiger partial charge in [-0.3, -0.25) is 0 Å². The van der Waals surface area contributed by atoms with Gasteiger partial charge < -0.3 is 5.11 Å². The summed E-state index contributed by atoms with van der Waals surface area (Å²) in [5.74, 6) is 0. The van der Waals surface area contributed by atoms with Crippen LogP contribution in [0.3, 0.4) is 0 Å². The lowest BCUT2D eigenvalue weighted by molar-refractivity contribution is -0.259. The van der Waals surface area contributed by atoms with Gasteiger partial charge in [0.05, 0.1) is 5.56 Å². The molecule has 0 aliphatic rings. The SMILES string of the molecule is Cc1cc(C(F)(F)F)cc(C(C)(O)C(F)(F)F)c1. The monoisotopic (exact) mass is 272 g/mol. The van der Waals surface area contributed by atoms with Gasteiger partial charge in [0.1, 0.15) is 0 Å². The smallest absolute Gasteiger partial charge is 0.376 e. The molecule has 0 saturated heterocycles. The van der Waals surface area contributed by atoms with E-state index in [1.165, 1.54) is 6.92 Å². The third-order valence-electron chi connectivity index (χ3n) is 2.52. The zero-order valence-corrected chi connectivity index (χ0v) is 9.45. The zero-order valence-electron chi connectivity index (χ0n) is 9.45. The summed E-state index contributed by atoms with van der Waals surface area (Å²) in [6, 6.07) is 1.90. The van der Waals surface area contributed by atoms with Crippen molar-refractivity contribution in [2.75, 3.05) is 0 Å². The van der Waals surface area contributed by atoms with E-state index in [4.69, 9.17) is 0 Å². The van der Waals surface area contributed by atoms with Gasteiger partial charge >= 0.3 is 12.4 Å².